The van der Waals surface area contributed by atoms with Crippen molar-refractivity contribution in [3.05, 3.63) is 16.6 Å². The Kier molecular flexibility index (Phi) is 4.91. The second-order valence-corrected chi connectivity index (χ2v) is 3.91. The average Bonchev–Trinajstić information content (AvgIpc) is 2.79. The second-order valence-electron chi connectivity index (χ2n) is 3.19. The Balaban J connectivity index is 2.64. The van der Waals surface area contributed by atoms with E-state index < -0.39 is 12.1 Å². The summed E-state index contributed by atoms with van der Waals surface area (Å²) in [5.41, 5.74) is 2.49. The third kappa shape index (κ3) is 3.62. The summed E-state index contributed by atoms with van der Waals surface area (Å²) in [7, 11) is 1.27. The molecule has 0 aliphatic carbocycles. The number of amides is 1. The molecule has 0 radical (unpaired) electrons. The largest absolute Gasteiger partial charge is 0.453 e. The molecule has 1 amide bonds. The molecular formula is C10H14N2O3S. The van der Waals surface area contributed by atoms with Crippen molar-refractivity contribution >= 4 is 23.2 Å². The van der Waals surface area contributed by atoms with Gasteiger partial charge >= 0.3 is 6.09 Å². The van der Waals surface area contributed by atoms with Crippen LogP contribution in [-0.2, 0) is 16.0 Å². The maximum atomic E-state index is 11.6. The summed E-state index contributed by atoms with van der Waals surface area (Å²) in [4.78, 5) is 26.7. The topological polar surface area (TPSA) is 68.3 Å². The maximum absolute atomic E-state index is 11.6. The number of ketones is 1. The number of hydrogen-bond donors (Lipinski definition) is 1. The number of nitrogens with zero attached hydrogens (tertiary/aromatic N) is 1. The molecule has 1 rings (SSSR count). The van der Waals surface area contributed by atoms with Crippen LogP contribution in [0, 0.1) is 0 Å². The van der Waals surface area contributed by atoms with Crippen molar-refractivity contribution in [3.8, 4) is 0 Å². The van der Waals surface area contributed by atoms with E-state index in [2.05, 4.69) is 15.0 Å². The van der Waals surface area contributed by atoms with Crippen molar-refractivity contribution in [3.63, 3.8) is 0 Å². The summed E-state index contributed by atoms with van der Waals surface area (Å²) >= 11 is 1.46. The van der Waals surface area contributed by atoms with Gasteiger partial charge < -0.3 is 10.1 Å². The highest BCUT2D eigenvalue weighted by Gasteiger charge is 2.20. The average molecular weight is 242 g/mol. The van der Waals surface area contributed by atoms with Crippen molar-refractivity contribution in [2.24, 2.45) is 0 Å². The molecule has 5 nitrogen and oxygen atoms in total. The third-order valence-electron chi connectivity index (χ3n) is 2.11. The summed E-state index contributed by atoms with van der Waals surface area (Å²) < 4.78 is 4.47. The quantitative estimate of drug-likeness (QED) is 0.847. The van der Waals surface area contributed by atoms with Crippen LogP contribution in [-0.4, -0.2) is 30.0 Å². The summed E-state index contributed by atoms with van der Waals surface area (Å²) in [6.45, 7) is 1.76. The zero-order valence-corrected chi connectivity index (χ0v) is 10.0. The van der Waals surface area contributed by atoms with Crippen LogP contribution in [0.15, 0.2) is 10.9 Å². The fourth-order valence-electron chi connectivity index (χ4n) is 1.24. The molecule has 0 aromatic carbocycles. The standard InChI is InChI=1S/C10H14N2O3S/c1-3-9(13)8(12-10(14)15-2)4-7-5-16-6-11-7/h5-6,8H,3-4H2,1-2H3,(H,12,14)/t8-/m0/s1. The zero-order valence-electron chi connectivity index (χ0n) is 9.23. The monoisotopic (exact) mass is 242 g/mol. The Bertz CT molecular complexity index is 351. The minimum atomic E-state index is -0.595. The summed E-state index contributed by atoms with van der Waals surface area (Å²) in [5, 5.41) is 4.37. The lowest BCUT2D eigenvalue weighted by atomic mass is 10.1. The Hall–Kier alpha value is -1.43. The SMILES string of the molecule is CCC(=O)[C@H](Cc1cscn1)NC(=O)OC. The van der Waals surface area contributed by atoms with Crippen molar-refractivity contribution in [2.45, 2.75) is 25.8 Å². The second kappa shape index (κ2) is 6.22. The van der Waals surface area contributed by atoms with Gasteiger partial charge in [-0.2, -0.15) is 0 Å². The lowest BCUT2D eigenvalue weighted by molar-refractivity contribution is -0.120. The lowest BCUT2D eigenvalue weighted by Gasteiger charge is -2.14. The Labute approximate surface area is 97.8 Å². The van der Waals surface area contributed by atoms with Gasteiger partial charge in [0.05, 0.1) is 24.4 Å². The number of methoxy groups -OCH3 is 1. The van der Waals surface area contributed by atoms with Crippen LogP contribution < -0.4 is 5.32 Å². The van der Waals surface area contributed by atoms with E-state index in [0.29, 0.717) is 12.8 Å². The van der Waals surface area contributed by atoms with Crippen LogP contribution in [0.2, 0.25) is 0 Å². The number of carbonyl (C=O) groups excluding carboxylic acids is 2. The van der Waals surface area contributed by atoms with E-state index in [-0.39, 0.29) is 5.78 Å². The highest BCUT2D eigenvalue weighted by molar-refractivity contribution is 7.07. The first kappa shape index (κ1) is 12.6. The van der Waals surface area contributed by atoms with Crippen LogP contribution in [0.3, 0.4) is 0 Å². The van der Waals surface area contributed by atoms with Gasteiger partial charge in [0.1, 0.15) is 0 Å². The number of nitrogens with one attached hydrogen (secondary N) is 1. The molecule has 0 aliphatic rings. The minimum Gasteiger partial charge on any atom is -0.453 e. The zero-order chi connectivity index (χ0) is 12.0. The Morgan fingerprint density at radius 2 is 2.38 bits per heavy atom. The first-order valence-electron chi connectivity index (χ1n) is 4.91. The van der Waals surface area contributed by atoms with Crippen molar-refractivity contribution in [2.75, 3.05) is 7.11 Å². The number of rotatable bonds is 5. The number of carbonyl (C=O) groups is 2. The van der Waals surface area contributed by atoms with Crippen LogP contribution in [0.25, 0.3) is 0 Å². The van der Waals surface area contributed by atoms with Gasteiger partial charge in [0.15, 0.2) is 5.78 Å². The Morgan fingerprint density at radius 3 is 2.88 bits per heavy atom. The number of alkyl carbamates (subject to hydrolysis) is 1. The molecule has 0 fully saturated rings. The molecular weight excluding hydrogens is 228 g/mol. The van der Waals surface area contributed by atoms with Gasteiger partial charge in [0.2, 0.25) is 0 Å². The molecule has 1 aromatic rings. The fourth-order valence-corrected chi connectivity index (χ4v) is 1.81. The van der Waals surface area contributed by atoms with E-state index in [9.17, 15) is 9.59 Å². The molecule has 16 heavy (non-hydrogen) atoms. The molecule has 1 heterocycles. The van der Waals surface area contributed by atoms with Gasteiger partial charge in [-0.15, -0.1) is 11.3 Å². The van der Waals surface area contributed by atoms with Crippen molar-refractivity contribution in [1.29, 1.82) is 0 Å². The molecule has 1 aromatic heterocycles. The summed E-state index contributed by atoms with van der Waals surface area (Å²) in [6.07, 6.45) is 0.186. The molecule has 0 bridgehead atoms. The predicted molar refractivity (Wildman–Crippen MR) is 60.4 cm³/mol. The molecule has 0 saturated heterocycles. The van der Waals surface area contributed by atoms with E-state index in [4.69, 9.17) is 0 Å². The van der Waals surface area contributed by atoms with Gasteiger partial charge in [-0.3, -0.25) is 4.79 Å². The molecule has 1 N–H and O–H groups in total. The molecule has 1 atom stereocenters. The third-order valence-corrected chi connectivity index (χ3v) is 2.75. The van der Waals surface area contributed by atoms with Gasteiger partial charge in [-0.1, -0.05) is 6.92 Å². The molecule has 0 saturated carbocycles. The fraction of sp³-hybridized carbons (Fsp3) is 0.500. The number of ether oxygens (including phenoxy) is 1. The van der Waals surface area contributed by atoms with Crippen LogP contribution in [0.1, 0.15) is 19.0 Å². The first-order valence-corrected chi connectivity index (χ1v) is 5.86. The molecule has 6 heteroatoms. The van der Waals surface area contributed by atoms with Crippen molar-refractivity contribution in [1.82, 2.24) is 10.3 Å². The minimum absolute atomic E-state index is 0.0293. The van der Waals surface area contributed by atoms with E-state index >= 15 is 0 Å². The molecule has 0 aliphatic heterocycles. The van der Waals surface area contributed by atoms with Crippen molar-refractivity contribution < 1.29 is 14.3 Å². The van der Waals surface area contributed by atoms with Gasteiger partial charge in [-0.25, -0.2) is 9.78 Å². The van der Waals surface area contributed by atoms with E-state index in [1.165, 1.54) is 18.4 Å². The highest BCUT2D eigenvalue weighted by atomic mass is 32.1. The van der Waals surface area contributed by atoms with Gasteiger partial charge in [0.25, 0.3) is 0 Å². The summed E-state index contributed by atoms with van der Waals surface area (Å²) in [5.74, 6) is -0.0293. The first-order chi connectivity index (χ1) is 7.67. The lowest BCUT2D eigenvalue weighted by Crippen LogP contribution is -2.42. The smallest absolute Gasteiger partial charge is 0.407 e. The molecule has 0 unspecified atom stereocenters. The normalized spacial score (nSPS) is 11.9. The number of thiazole rings is 1. The van der Waals surface area contributed by atoms with E-state index in [0.717, 1.165) is 5.69 Å². The number of aromatic nitrogens is 1. The van der Waals surface area contributed by atoms with Crippen LogP contribution in [0.4, 0.5) is 4.79 Å². The maximum Gasteiger partial charge on any atom is 0.407 e. The number of hydrogen-bond acceptors (Lipinski definition) is 5. The summed E-state index contributed by atoms with van der Waals surface area (Å²) in [6, 6.07) is -0.556. The van der Waals surface area contributed by atoms with E-state index in [1.807, 2.05) is 5.38 Å². The van der Waals surface area contributed by atoms with Crippen LogP contribution >= 0.6 is 11.3 Å². The van der Waals surface area contributed by atoms with Gasteiger partial charge in [-0.05, 0) is 0 Å². The van der Waals surface area contributed by atoms with Gasteiger partial charge in [0, 0.05) is 18.2 Å². The van der Waals surface area contributed by atoms with Crippen LogP contribution in [0.5, 0.6) is 0 Å². The molecule has 0 spiro atoms. The predicted octanol–water partition coefficient (Wildman–Crippen LogP) is 1.39. The highest BCUT2D eigenvalue weighted by Crippen LogP contribution is 2.06. The Morgan fingerprint density at radius 1 is 1.62 bits per heavy atom. The number of Topliss-reactive ketones (excluding diaryl/α,β-unsaturated/α-hetero) is 1. The molecule has 88 valence electrons. The van der Waals surface area contributed by atoms with E-state index in [1.54, 1.807) is 12.4 Å².